The Kier molecular flexibility index (Phi) is 7.14. The molecule has 0 saturated carbocycles. The molecule has 3 heterocycles. The Hall–Kier alpha value is -0.200. The molecule has 23 heavy (non-hydrogen) atoms. The van der Waals surface area contributed by atoms with Crippen molar-refractivity contribution < 1.29 is 14.2 Å². The maximum absolute atomic E-state index is 6.10. The lowest BCUT2D eigenvalue weighted by Crippen LogP contribution is -2.46. The molecule has 2 unspecified atom stereocenters. The SMILES string of the molecule is CC1CN(CCN2CCC(OCC3CCCCO3)CC2)CCO1. The van der Waals surface area contributed by atoms with Crippen molar-refractivity contribution in [3.8, 4) is 0 Å². The van der Waals surface area contributed by atoms with E-state index in [0.717, 1.165) is 32.9 Å². The molecule has 3 rings (SSSR count). The van der Waals surface area contributed by atoms with Gasteiger partial charge in [0.15, 0.2) is 0 Å². The lowest BCUT2D eigenvalue weighted by atomic mass is 10.1. The Morgan fingerprint density at radius 3 is 2.48 bits per heavy atom. The van der Waals surface area contributed by atoms with Crippen LogP contribution >= 0.6 is 0 Å². The van der Waals surface area contributed by atoms with Gasteiger partial charge in [-0.2, -0.15) is 0 Å². The molecule has 5 heteroatoms. The van der Waals surface area contributed by atoms with Crippen LogP contribution in [0.15, 0.2) is 0 Å². The summed E-state index contributed by atoms with van der Waals surface area (Å²) in [6.45, 7) is 11.7. The molecule has 0 aromatic heterocycles. The van der Waals surface area contributed by atoms with Gasteiger partial charge in [0.25, 0.3) is 0 Å². The fourth-order valence-electron chi connectivity index (χ4n) is 3.86. The number of hydrogen-bond acceptors (Lipinski definition) is 5. The fraction of sp³-hybridized carbons (Fsp3) is 1.00. The maximum Gasteiger partial charge on any atom is 0.0808 e. The standard InChI is InChI=1S/C18H34N2O3/c1-16-14-20(11-13-21-16)10-9-19-7-5-17(6-8-19)23-15-18-4-2-3-12-22-18/h16-18H,2-15H2,1H3. The van der Waals surface area contributed by atoms with Crippen molar-refractivity contribution in [2.24, 2.45) is 0 Å². The van der Waals surface area contributed by atoms with E-state index in [1.165, 1.54) is 58.3 Å². The second-order valence-corrected chi connectivity index (χ2v) is 7.34. The lowest BCUT2D eigenvalue weighted by Gasteiger charge is -2.36. The van der Waals surface area contributed by atoms with Crippen LogP contribution in [0.5, 0.6) is 0 Å². The molecule has 3 aliphatic rings. The van der Waals surface area contributed by atoms with Crippen LogP contribution in [-0.4, -0.2) is 87.2 Å². The van der Waals surface area contributed by atoms with Crippen LogP contribution in [-0.2, 0) is 14.2 Å². The van der Waals surface area contributed by atoms with Gasteiger partial charge in [-0.25, -0.2) is 0 Å². The third-order valence-electron chi connectivity index (χ3n) is 5.38. The number of morpholine rings is 1. The van der Waals surface area contributed by atoms with Crippen LogP contribution in [0.4, 0.5) is 0 Å². The van der Waals surface area contributed by atoms with Crippen molar-refractivity contribution in [3.05, 3.63) is 0 Å². The van der Waals surface area contributed by atoms with Gasteiger partial charge >= 0.3 is 0 Å². The molecule has 0 amide bonds. The van der Waals surface area contributed by atoms with E-state index in [1.54, 1.807) is 0 Å². The van der Waals surface area contributed by atoms with Crippen molar-refractivity contribution in [1.29, 1.82) is 0 Å². The molecule has 3 aliphatic heterocycles. The van der Waals surface area contributed by atoms with E-state index in [0.29, 0.717) is 18.3 Å². The monoisotopic (exact) mass is 326 g/mol. The smallest absolute Gasteiger partial charge is 0.0808 e. The van der Waals surface area contributed by atoms with Crippen molar-refractivity contribution in [2.45, 2.75) is 57.3 Å². The summed E-state index contributed by atoms with van der Waals surface area (Å²) in [7, 11) is 0. The quantitative estimate of drug-likeness (QED) is 0.743. The Labute approximate surface area is 141 Å². The Morgan fingerprint density at radius 1 is 0.913 bits per heavy atom. The Bertz CT molecular complexity index is 328. The number of likely N-dealkylation sites (tertiary alicyclic amines) is 1. The van der Waals surface area contributed by atoms with Gasteiger partial charge in [-0.1, -0.05) is 0 Å². The van der Waals surface area contributed by atoms with Gasteiger partial charge in [0, 0.05) is 45.9 Å². The van der Waals surface area contributed by atoms with Crippen LogP contribution < -0.4 is 0 Å². The normalized spacial score (nSPS) is 32.2. The highest BCUT2D eigenvalue weighted by Gasteiger charge is 2.23. The van der Waals surface area contributed by atoms with Gasteiger partial charge in [-0.05, 0) is 39.0 Å². The van der Waals surface area contributed by atoms with Crippen LogP contribution in [0.25, 0.3) is 0 Å². The van der Waals surface area contributed by atoms with Gasteiger partial charge in [-0.3, -0.25) is 4.90 Å². The number of nitrogens with zero attached hydrogens (tertiary/aromatic N) is 2. The topological polar surface area (TPSA) is 34.2 Å². The zero-order chi connectivity index (χ0) is 15.9. The zero-order valence-corrected chi connectivity index (χ0v) is 14.8. The fourth-order valence-corrected chi connectivity index (χ4v) is 3.86. The Morgan fingerprint density at radius 2 is 1.74 bits per heavy atom. The van der Waals surface area contributed by atoms with Crippen molar-refractivity contribution >= 4 is 0 Å². The van der Waals surface area contributed by atoms with Crippen LogP contribution in [0.2, 0.25) is 0 Å². The minimum Gasteiger partial charge on any atom is -0.376 e. The van der Waals surface area contributed by atoms with Crippen LogP contribution in [0.3, 0.4) is 0 Å². The molecule has 0 N–H and O–H groups in total. The first-order chi connectivity index (χ1) is 11.3. The van der Waals surface area contributed by atoms with Gasteiger partial charge in [0.2, 0.25) is 0 Å². The molecule has 3 fully saturated rings. The average molecular weight is 326 g/mol. The van der Waals surface area contributed by atoms with Gasteiger partial charge in [0.1, 0.15) is 0 Å². The highest BCUT2D eigenvalue weighted by molar-refractivity contribution is 4.76. The summed E-state index contributed by atoms with van der Waals surface area (Å²) in [6, 6.07) is 0. The molecule has 2 atom stereocenters. The molecule has 134 valence electrons. The van der Waals surface area contributed by atoms with E-state index in [2.05, 4.69) is 16.7 Å². The van der Waals surface area contributed by atoms with Crippen LogP contribution in [0, 0.1) is 0 Å². The summed E-state index contributed by atoms with van der Waals surface area (Å²) in [5, 5.41) is 0. The van der Waals surface area contributed by atoms with E-state index in [9.17, 15) is 0 Å². The van der Waals surface area contributed by atoms with Gasteiger partial charge in [0.05, 0.1) is 31.5 Å². The molecular formula is C18H34N2O3. The van der Waals surface area contributed by atoms with E-state index in [4.69, 9.17) is 14.2 Å². The first-order valence-electron chi connectivity index (χ1n) is 9.59. The molecule has 0 spiro atoms. The summed E-state index contributed by atoms with van der Waals surface area (Å²) in [4.78, 5) is 5.13. The molecule has 0 radical (unpaired) electrons. The number of ether oxygens (including phenoxy) is 3. The number of rotatable bonds is 6. The molecule has 0 aliphatic carbocycles. The maximum atomic E-state index is 6.10. The molecule has 0 bridgehead atoms. The second kappa shape index (κ2) is 9.33. The lowest BCUT2D eigenvalue weighted by molar-refractivity contribution is -0.0757. The Balaban J connectivity index is 1.26. The second-order valence-electron chi connectivity index (χ2n) is 7.34. The van der Waals surface area contributed by atoms with E-state index < -0.39 is 0 Å². The zero-order valence-electron chi connectivity index (χ0n) is 14.8. The minimum atomic E-state index is 0.352. The summed E-state index contributed by atoms with van der Waals surface area (Å²) < 4.78 is 17.5. The third kappa shape index (κ3) is 5.98. The summed E-state index contributed by atoms with van der Waals surface area (Å²) in [6.07, 6.45) is 7.23. The number of hydrogen-bond donors (Lipinski definition) is 0. The summed E-state index contributed by atoms with van der Waals surface area (Å²) >= 11 is 0. The summed E-state index contributed by atoms with van der Waals surface area (Å²) in [5.74, 6) is 0. The number of piperidine rings is 1. The van der Waals surface area contributed by atoms with E-state index in [1.807, 2.05) is 0 Å². The van der Waals surface area contributed by atoms with Crippen LogP contribution in [0.1, 0.15) is 39.0 Å². The molecular weight excluding hydrogens is 292 g/mol. The van der Waals surface area contributed by atoms with Crippen molar-refractivity contribution in [3.63, 3.8) is 0 Å². The molecule has 0 aromatic carbocycles. The van der Waals surface area contributed by atoms with Gasteiger partial charge in [-0.15, -0.1) is 0 Å². The average Bonchev–Trinajstić information content (AvgIpc) is 2.60. The van der Waals surface area contributed by atoms with Crippen molar-refractivity contribution in [2.75, 3.05) is 59.1 Å². The van der Waals surface area contributed by atoms with E-state index in [-0.39, 0.29) is 0 Å². The first-order valence-corrected chi connectivity index (χ1v) is 9.59. The van der Waals surface area contributed by atoms with Crippen molar-refractivity contribution in [1.82, 2.24) is 9.80 Å². The molecule has 3 saturated heterocycles. The molecule has 5 nitrogen and oxygen atoms in total. The van der Waals surface area contributed by atoms with E-state index >= 15 is 0 Å². The third-order valence-corrected chi connectivity index (χ3v) is 5.38. The minimum absolute atomic E-state index is 0.352. The molecule has 0 aromatic rings. The summed E-state index contributed by atoms with van der Waals surface area (Å²) in [5.41, 5.74) is 0. The highest BCUT2D eigenvalue weighted by atomic mass is 16.5. The first kappa shape index (κ1) is 17.6. The highest BCUT2D eigenvalue weighted by Crippen LogP contribution is 2.18. The predicted molar refractivity (Wildman–Crippen MR) is 90.9 cm³/mol. The largest absolute Gasteiger partial charge is 0.376 e. The predicted octanol–water partition coefficient (Wildman–Crippen LogP) is 1.76. The van der Waals surface area contributed by atoms with Gasteiger partial charge < -0.3 is 19.1 Å².